The van der Waals surface area contributed by atoms with Gasteiger partial charge in [0.1, 0.15) is 5.82 Å². The Bertz CT molecular complexity index is 1010. The molecule has 0 bridgehead atoms. The van der Waals surface area contributed by atoms with Crippen molar-refractivity contribution in [3.63, 3.8) is 0 Å². The molecule has 9 heteroatoms. The number of hydrogen-bond donors (Lipinski definition) is 2. The van der Waals surface area contributed by atoms with Crippen molar-refractivity contribution < 1.29 is 13.2 Å². The summed E-state index contributed by atoms with van der Waals surface area (Å²) in [5.74, 6) is -0.815. The minimum Gasteiger partial charge on any atom is -0.368 e. The largest absolute Gasteiger partial charge is 0.368 e. The lowest BCUT2D eigenvalue weighted by Crippen LogP contribution is -2.33. The summed E-state index contributed by atoms with van der Waals surface area (Å²) in [5.41, 5.74) is 3.38. The summed E-state index contributed by atoms with van der Waals surface area (Å²) < 4.78 is 44.4. The van der Waals surface area contributed by atoms with Crippen LogP contribution in [0.2, 0.25) is 0 Å². The summed E-state index contributed by atoms with van der Waals surface area (Å²) >= 11 is 0. The highest BCUT2D eigenvalue weighted by Crippen LogP contribution is 2.43. The van der Waals surface area contributed by atoms with Crippen molar-refractivity contribution in [2.24, 2.45) is 11.7 Å². The van der Waals surface area contributed by atoms with Crippen LogP contribution in [0.3, 0.4) is 0 Å². The zero-order valence-corrected chi connectivity index (χ0v) is 14.8. The normalized spacial score (nSPS) is 21.4. The van der Waals surface area contributed by atoms with Crippen molar-refractivity contribution in [1.29, 1.82) is 0 Å². The maximum Gasteiger partial charge on any atom is 0.329 e. The fraction of sp³-hybridized carbons (Fsp3) is 0.556. The lowest BCUT2D eigenvalue weighted by molar-refractivity contribution is 0.152. The molecule has 3 N–H and O–H groups in total. The number of nitrogens with two attached hydrogens (primary N) is 1. The highest BCUT2D eigenvalue weighted by Gasteiger charge is 2.35. The number of fused-ring (bicyclic) bond motifs is 1. The standard InChI is InChI=1S/C18H21F3N4O2/c1-8(22)9-4-5-24(7-9)15-12(19)6-11-14(13(15)16(20)21)25(10-2-3-10)18(27)23-17(11)26/h6,8-10,16H,2-5,7,22H2,1H3,(H,23,26,27)/t8-,9-/m0/s1. The Morgan fingerprint density at radius 2 is 1.96 bits per heavy atom. The van der Waals surface area contributed by atoms with E-state index in [9.17, 15) is 22.8 Å². The van der Waals surface area contributed by atoms with Gasteiger partial charge in [-0.25, -0.2) is 18.0 Å². The molecule has 2 heterocycles. The van der Waals surface area contributed by atoms with E-state index >= 15 is 0 Å². The lowest BCUT2D eigenvalue weighted by atomic mass is 10.0. The molecule has 2 aliphatic rings. The average Bonchev–Trinajstić information content (AvgIpc) is 3.29. The first-order valence-electron chi connectivity index (χ1n) is 9.09. The van der Waals surface area contributed by atoms with E-state index in [0.717, 1.165) is 6.07 Å². The van der Waals surface area contributed by atoms with Crippen LogP contribution in [-0.2, 0) is 0 Å². The monoisotopic (exact) mass is 382 g/mol. The van der Waals surface area contributed by atoms with Gasteiger partial charge in [-0.3, -0.25) is 14.3 Å². The number of aromatic amines is 1. The molecule has 4 rings (SSSR count). The number of anilines is 1. The number of aromatic nitrogens is 2. The molecule has 1 aliphatic carbocycles. The van der Waals surface area contributed by atoms with Gasteiger partial charge in [0.25, 0.3) is 12.0 Å². The van der Waals surface area contributed by atoms with Crippen LogP contribution in [0.4, 0.5) is 18.9 Å². The molecule has 0 amide bonds. The molecule has 2 fully saturated rings. The maximum atomic E-state index is 14.9. The van der Waals surface area contributed by atoms with E-state index in [2.05, 4.69) is 4.98 Å². The molecule has 0 spiro atoms. The van der Waals surface area contributed by atoms with E-state index in [-0.39, 0.29) is 34.6 Å². The van der Waals surface area contributed by atoms with Gasteiger partial charge >= 0.3 is 5.69 Å². The third-order valence-corrected chi connectivity index (χ3v) is 5.60. The minimum atomic E-state index is -3.03. The highest BCUT2D eigenvalue weighted by molar-refractivity contribution is 5.88. The fourth-order valence-corrected chi connectivity index (χ4v) is 4.04. The molecule has 1 saturated carbocycles. The Hall–Kier alpha value is -2.29. The molecule has 6 nitrogen and oxygen atoms in total. The number of nitrogens with zero attached hydrogens (tertiary/aromatic N) is 2. The molecule has 1 aromatic carbocycles. The molecule has 1 saturated heterocycles. The summed E-state index contributed by atoms with van der Waals surface area (Å²) in [4.78, 5) is 28.2. The van der Waals surface area contributed by atoms with Gasteiger partial charge in [0, 0.05) is 25.2 Å². The van der Waals surface area contributed by atoms with Gasteiger partial charge in [0.05, 0.1) is 22.2 Å². The molecule has 27 heavy (non-hydrogen) atoms. The zero-order chi connectivity index (χ0) is 19.5. The Labute approximate surface area is 152 Å². The van der Waals surface area contributed by atoms with Gasteiger partial charge in [-0.05, 0) is 38.2 Å². The molecule has 0 unspecified atom stereocenters. The van der Waals surface area contributed by atoms with Crippen LogP contribution in [0.15, 0.2) is 15.7 Å². The van der Waals surface area contributed by atoms with Crippen LogP contribution >= 0.6 is 0 Å². The van der Waals surface area contributed by atoms with Gasteiger partial charge in [-0.1, -0.05) is 0 Å². The van der Waals surface area contributed by atoms with Crippen LogP contribution in [-0.4, -0.2) is 28.7 Å². The van der Waals surface area contributed by atoms with Gasteiger partial charge in [-0.15, -0.1) is 0 Å². The van der Waals surface area contributed by atoms with Crippen LogP contribution < -0.4 is 21.9 Å². The smallest absolute Gasteiger partial charge is 0.329 e. The van der Waals surface area contributed by atoms with E-state index in [4.69, 9.17) is 5.73 Å². The van der Waals surface area contributed by atoms with Crippen molar-refractivity contribution in [2.45, 2.75) is 44.7 Å². The third-order valence-electron chi connectivity index (χ3n) is 5.60. The van der Waals surface area contributed by atoms with Crippen molar-refractivity contribution >= 4 is 16.6 Å². The Kier molecular flexibility index (Phi) is 4.29. The van der Waals surface area contributed by atoms with Crippen LogP contribution in [0.1, 0.15) is 44.2 Å². The predicted molar refractivity (Wildman–Crippen MR) is 96.0 cm³/mol. The number of alkyl halides is 2. The summed E-state index contributed by atoms with van der Waals surface area (Å²) in [6.45, 7) is 2.59. The molecule has 0 radical (unpaired) electrons. The second-order valence-electron chi connectivity index (χ2n) is 7.53. The predicted octanol–water partition coefficient (Wildman–Crippen LogP) is 2.27. The number of halogens is 3. The van der Waals surface area contributed by atoms with Gasteiger partial charge in [-0.2, -0.15) is 0 Å². The van der Waals surface area contributed by atoms with E-state index in [1.165, 1.54) is 4.57 Å². The maximum absolute atomic E-state index is 14.9. The first kappa shape index (κ1) is 18.1. The highest BCUT2D eigenvalue weighted by atomic mass is 19.3. The summed E-state index contributed by atoms with van der Waals surface area (Å²) in [5, 5.41) is -0.221. The third kappa shape index (κ3) is 2.93. The summed E-state index contributed by atoms with van der Waals surface area (Å²) in [7, 11) is 0. The Balaban J connectivity index is 2.01. The molecular weight excluding hydrogens is 361 g/mol. The first-order chi connectivity index (χ1) is 12.8. The Morgan fingerprint density at radius 3 is 2.52 bits per heavy atom. The lowest BCUT2D eigenvalue weighted by Gasteiger charge is -2.25. The van der Waals surface area contributed by atoms with Crippen molar-refractivity contribution in [3.05, 3.63) is 38.3 Å². The van der Waals surface area contributed by atoms with Gasteiger partial charge in [0.2, 0.25) is 0 Å². The van der Waals surface area contributed by atoms with E-state index < -0.39 is 29.1 Å². The van der Waals surface area contributed by atoms with E-state index in [0.29, 0.717) is 32.4 Å². The number of nitrogens with one attached hydrogen (secondary N) is 1. The zero-order valence-electron chi connectivity index (χ0n) is 14.8. The molecule has 146 valence electrons. The van der Waals surface area contributed by atoms with Crippen molar-refractivity contribution in [1.82, 2.24) is 9.55 Å². The first-order valence-corrected chi connectivity index (χ1v) is 9.09. The summed E-state index contributed by atoms with van der Waals surface area (Å²) in [6.07, 6.45) is -1.04. The topological polar surface area (TPSA) is 84.1 Å². The van der Waals surface area contributed by atoms with E-state index in [1.807, 2.05) is 6.92 Å². The van der Waals surface area contributed by atoms with E-state index in [1.54, 1.807) is 4.90 Å². The number of hydrogen-bond acceptors (Lipinski definition) is 4. The summed E-state index contributed by atoms with van der Waals surface area (Å²) in [6, 6.07) is 0.580. The van der Waals surface area contributed by atoms with Gasteiger partial charge < -0.3 is 10.6 Å². The average molecular weight is 382 g/mol. The molecule has 2 atom stereocenters. The minimum absolute atomic E-state index is 0.0652. The fourth-order valence-electron chi connectivity index (χ4n) is 4.04. The molecule has 1 aromatic heterocycles. The molecule has 1 aliphatic heterocycles. The molecule has 2 aromatic rings. The number of rotatable bonds is 4. The number of benzene rings is 1. The quantitative estimate of drug-likeness (QED) is 0.850. The SMILES string of the molecule is C[C@H](N)[C@H]1CCN(c2c(F)cc3c(=O)[nH]c(=O)n(C4CC4)c3c2C(F)F)C1. The second kappa shape index (κ2) is 6.40. The molecular formula is C18H21F3N4O2. The van der Waals surface area contributed by atoms with Crippen LogP contribution in [0.5, 0.6) is 0 Å². The van der Waals surface area contributed by atoms with Crippen LogP contribution in [0.25, 0.3) is 10.9 Å². The van der Waals surface area contributed by atoms with Crippen molar-refractivity contribution in [2.75, 3.05) is 18.0 Å². The van der Waals surface area contributed by atoms with Crippen LogP contribution in [0, 0.1) is 11.7 Å². The number of H-pyrrole nitrogens is 1. The second-order valence-corrected chi connectivity index (χ2v) is 7.53. The van der Waals surface area contributed by atoms with Crippen molar-refractivity contribution in [3.8, 4) is 0 Å². The Morgan fingerprint density at radius 1 is 1.26 bits per heavy atom. The van der Waals surface area contributed by atoms with Gasteiger partial charge in [0.15, 0.2) is 0 Å².